The van der Waals surface area contributed by atoms with Crippen molar-refractivity contribution in [3.63, 3.8) is 0 Å². The van der Waals surface area contributed by atoms with Crippen LogP contribution in [0.5, 0.6) is 0 Å². The molecule has 1 rings (SSSR count). The van der Waals surface area contributed by atoms with Gasteiger partial charge in [-0.1, -0.05) is 12.7 Å². The van der Waals surface area contributed by atoms with E-state index < -0.39 is 16.6 Å². The fourth-order valence-corrected chi connectivity index (χ4v) is 1.01. The van der Waals surface area contributed by atoms with E-state index in [1.165, 1.54) is 18.2 Å². The second kappa shape index (κ2) is 3.69. The molecule has 0 aliphatic rings. The Morgan fingerprint density at radius 1 is 1.57 bits per heavy atom. The van der Waals surface area contributed by atoms with Gasteiger partial charge in [-0.2, -0.15) is 0 Å². The largest absolute Gasteiger partial charge is 0.477 e. The molecule has 0 aliphatic heterocycles. The van der Waals surface area contributed by atoms with E-state index >= 15 is 0 Å². The van der Waals surface area contributed by atoms with Crippen LogP contribution in [-0.4, -0.2) is 16.0 Å². The Kier molecular flexibility index (Phi) is 2.62. The molecule has 0 saturated carbocycles. The van der Waals surface area contributed by atoms with Crippen LogP contribution in [0.2, 0.25) is 0 Å². The van der Waals surface area contributed by atoms with Crippen molar-refractivity contribution in [1.82, 2.24) is 0 Å². The Labute approximate surface area is 79.4 Å². The zero-order valence-corrected chi connectivity index (χ0v) is 7.14. The fourth-order valence-electron chi connectivity index (χ4n) is 1.01. The maximum absolute atomic E-state index is 10.7. The first-order valence-corrected chi connectivity index (χ1v) is 3.70. The molecule has 0 fully saturated rings. The van der Waals surface area contributed by atoms with Crippen LogP contribution in [0.3, 0.4) is 0 Å². The number of carbonyl (C=O) groups is 1. The van der Waals surface area contributed by atoms with E-state index in [9.17, 15) is 14.9 Å². The van der Waals surface area contributed by atoms with Crippen molar-refractivity contribution in [2.75, 3.05) is 0 Å². The first-order valence-electron chi connectivity index (χ1n) is 3.70. The van der Waals surface area contributed by atoms with Crippen LogP contribution in [0.1, 0.15) is 15.9 Å². The summed E-state index contributed by atoms with van der Waals surface area (Å²) in [5.41, 5.74) is -0.205. The van der Waals surface area contributed by atoms with Gasteiger partial charge in [0.2, 0.25) is 0 Å². The quantitative estimate of drug-likeness (QED) is 0.587. The SMILES string of the molecule is C=Cc1ccc([N+](=O)[O-])c(C(=O)O)c1. The maximum Gasteiger partial charge on any atom is 0.342 e. The molecule has 0 aromatic heterocycles. The molecule has 1 N–H and O–H groups in total. The molecule has 0 bridgehead atoms. The Balaban J connectivity index is 3.38. The van der Waals surface area contributed by atoms with Gasteiger partial charge in [-0.25, -0.2) is 4.79 Å². The highest BCUT2D eigenvalue weighted by molar-refractivity contribution is 5.93. The van der Waals surface area contributed by atoms with E-state index in [4.69, 9.17) is 5.11 Å². The molecule has 72 valence electrons. The molecular formula is C9H7NO4. The number of nitrogens with zero attached hydrogens (tertiary/aromatic N) is 1. The number of nitro groups is 1. The monoisotopic (exact) mass is 193 g/mol. The summed E-state index contributed by atoms with van der Waals surface area (Å²) in [4.78, 5) is 20.4. The van der Waals surface area contributed by atoms with Gasteiger partial charge in [-0.3, -0.25) is 10.1 Å². The second-order valence-corrected chi connectivity index (χ2v) is 2.54. The number of aromatic carboxylic acids is 1. The van der Waals surface area contributed by atoms with E-state index in [1.54, 1.807) is 0 Å². The van der Waals surface area contributed by atoms with E-state index in [0.29, 0.717) is 5.56 Å². The summed E-state index contributed by atoms with van der Waals surface area (Å²) >= 11 is 0. The summed E-state index contributed by atoms with van der Waals surface area (Å²) in [6, 6.07) is 3.81. The third-order valence-electron chi connectivity index (χ3n) is 1.68. The lowest BCUT2D eigenvalue weighted by Crippen LogP contribution is -2.02. The lowest BCUT2D eigenvalue weighted by molar-refractivity contribution is -0.385. The summed E-state index contributed by atoms with van der Waals surface area (Å²) in [7, 11) is 0. The molecule has 0 unspecified atom stereocenters. The van der Waals surface area contributed by atoms with E-state index in [1.807, 2.05) is 0 Å². The predicted octanol–water partition coefficient (Wildman–Crippen LogP) is 1.94. The lowest BCUT2D eigenvalue weighted by atomic mass is 10.1. The van der Waals surface area contributed by atoms with Crippen molar-refractivity contribution in [3.8, 4) is 0 Å². The molecule has 5 heteroatoms. The van der Waals surface area contributed by atoms with E-state index in [0.717, 1.165) is 6.07 Å². The van der Waals surface area contributed by atoms with E-state index in [2.05, 4.69) is 6.58 Å². The Hall–Kier alpha value is -2.17. The number of carboxylic acid groups (broad SMARTS) is 1. The van der Waals surface area contributed by atoms with Crippen molar-refractivity contribution in [2.24, 2.45) is 0 Å². The number of carboxylic acids is 1. The van der Waals surface area contributed by atoms with Crippen LogP contribution < -0.4 is 0 Å². The second-order valence-electron chi connectivity index (χ2n) is 2.54. The molecular weight excluding hydrogens is 186 g/mol. The predicted molar refractivity (Wildman–Crippen MR) is 50.1 cm³/mol. The molecule has 0 heterocycles. The molecule has 0 atom stereocenters. The summed E-state index contributed by atoms with van der Waals surface area (Å²) in [6.45, 7) is 3.44. The normalized spacial score (nSPS) is 9.43. The van der Waals surface area contributed by atoms with Crippen LogP contribution in [0.4, 0.5) is 5.69 Å². The minimum atomic E-state index is -1.32. The van der Waals surface area contributed by atoms with Crippen LogP contribution in [-0.2, 0) is 0 Å². The maximum atomic E-state index is 10.7. The minimum Gasteiger partial charge on any atom is -0.477 e. The molecule has 1 aromatic rings. The first kappa shape index (κ1) is 9.91. The van der Waals surface area contributed by atoms with Crippen molar-refractivity contribution in [1.29, 1.82) is 0 Å². The fraction of sp³-hybridized carbons (Fsp3) is 0. The van der Waals surface area contributed by atoms with Crippen LogP contribution in [0.15, 0.2) is 24.8 Å². The number of benzene rings is 1. The number of nitro benzene ring substituents is 1. The molecule has 0 spiro atoms. The number of hydrogen-bond donors (Lipinski definition) is 1. The first-order chi connectivity index (χ1) is 6.56. The smallest absolute Gasteiger partial charge is 0.342 e. The highest BCUT2D eigenvalue weighted by atomic mass is 16.6. The third-order valence-corrected chi connectivity index (χ3v) is 1.68. The third kappa shape index (κ3) is 1.77. The minimum absolute atomic E-state index is 0.326. The van der Waals surface area contributed by atoms with Crippen molar-refractivity contribution in [2.45, 2.75) is 0 Å². The zero-order valence-electron chi connectivity index (χ0n) is 7.14. The van der Waals surface area contributed by atoms with Gasteiger partial charge in [0.25, 0.3) is 5.69 Å². The molecule has 1 aromatic carbocycles. The molecule has 0 amide bonds. The van der Waals surface area contributed by atoms with E-state index in [-0.39, 0.29) is 5.56 Å². The average Bonchev–Trinajstić information content (AvgIpc) is 2.16. The molecule has 0 saturated heterocycles. The highest BCUT2D eigenvalue weighted by Gasteiger charge is 2.18. The summed E-state index contributed by atoms with van der Waals surface area (Å²) in [5, 5.41) is 19.1. The van der Waals surface area contributed by atoms with Crippen LogP contribution >= 0.6 is 0 Å². The summed E-state index contributed by atoms with van der Waals surface area (Å²) in [5.74, 6) is -1.32. The Morgan fingerprint density at radius 2 is 2.21 bits per heavy atom. The van der Waals surface area contributed by atoms with Gasteiger partial charge in [0.1, 0.15) is 5.56 Å². The highest BCUT2D eigenvalue weighted by Crippen LogP contribution is 2.20. The molecule has 14 heavy (non-hydrogen) atoms. The summed E-state index contributed by atoms with van der Waals surface area (Å²) in [6.07, 6.45) is 1.43. The Bertz CT molecular complexity index is 411. The van der Waals surface area contributed by atoms with Gasteiger partial charge in [-0.05, 0) is 17.7 Å². The van der Waals surface area contributed by atoms with Gasteiger partial charge in [0, 0.05) is 6.07 Å². The molecule has 0 radical (unpaired) electrons. The number of hydrogen-bond acceptors (Lipinski definition) is 3. The van der Waals surface area contributed by atoms with Gasteiger partial charge in [-0.15, -0.1) is 0 Å². The topological polar surface area (TPSA) is 80.4 Å². The van der Waals surface area contributed by atoms with Crippen LogP contribution in [0.25, 0.3) is 6.08 Å². The molecule has 0 aliphatic carbocycles. The van der Waals surface area contributed by atoms with Crippen molar-refractivity contribution in [3.05, 3.63) is 46.0 Å². The zero-order chi connectivity index (χ0) is 10.7. The Morgan fingerprint density at radius 3 is 2.64 bits per heavy atom. The number of rotatable bonds is 3. The van der Waals surface area contributed by atoms with Crippen molar-refractivity contribution >= 4 is 17.7 Å². The average molecular weight is 193 g/mol. The standard InChI is InChI=1S/C9H7NO4/c1-2-6-3-4-8(10(13)14)7(5-6)9(11)12/h2-5H,1H2,(H,11,12). The van der Waals surface area contributed by atoms with Gasteiger partial charge < -0.3 is 5.11 Å². The van der Waals surface area contributed by atoms with Crippen LogP contribution in [0, 0.1) is 10.1 Å². The van der Waals surface area contributed by atoms with Gasteiger partial charge in [0.15, 0.2) is 0 Å². The molecule has 5 nitrogen and oxygen atoms in total. The van der Waals surface area contributed by atoms with Crippen molar-refractivity contribution < 1.29 is 14.8 Å². The van der Waals surface area contributed by atoms with Gasteiger partial charge >= 0.3 is 5.97 Å². The van der Waals surface area contributed by atoms with Gasteiger partial charge in [0.05, 0.1) is 4.92 Å². The lowest BCUT2D eigenvalue weighted by Gasteiger charge is -1.98. The summed E-state index contributed by atoms with van der Waals surface area (Å²) < 4.78 is 0.